The Labute approximate surface area is 104 Å². The van der Waals surface area contributed by atoms with Crippen molar-refractivity contribution in [3.8, 4) is 0 Å². The fourth-order valence-electron chi connectivity index (χ4n) is 2.04. The van der Waals surface area contributed by atoms with E-state index in [4.69, 9.17) is 9.63 Å². The highest BCUT2D eigenvalue weighted by atomic mass is 16.5. The first kappa shape index (κ1) is 12.6. The summed E-state index contributed by atoms with van der Waals surface area (Å²) in [5.41, 5.74) is 0.706. The molecule has 0 aromatic carbocycles. The third-order valence-electron chi connectivity index (χ3n) is 2.85. The minimum absolute atomic E-state index is 0.206. The largest absolute Gasteiger partial charge is 0.481 e. The van der Waals surface area contributed by atoms with E-state index in [1.165, 1.54) is 0 Å². The highest BCUT2D eigenvalue weighted by molar-refractivity contribution is 5.86. The average Bonchev–Trinajstić information content (AvgIpc) is 2.69. The number of nitrogens with one attached hydrogen (secondary N) is 1. The predicted octanol–water partition coefficient (Wildman–Crippen LogP) is -0.242. The molecule has 1 aromatic rings. The van der Waals surface area contributed by atoms with Crippen molar-refractivity contribution in [2.75, 3.05) is 13.1 Å². The second-order valence-electron chi connectivity index (χ2n) is 4.30. The third kappa shape index (κ3) is 2.86. The molecule has 1 aromatic heterocycles. The van der Waals surface area contributed by atoms with Gasteiger partial charge in [0, 0.05) is 25.7 Å². The first-order valence-corrected chi connectivity index (χ1v) is 5.72. The van der Waals surface area contributed by atoms with Gasteiger partial charge >= 0.3 is 5.97 Å². The van der Waals surface area contributed by atoms with Gasteiger partial charge in [-0.25, -0.2) is 0 Å². The Kier molecular flexibility index (Phi) is 3.61. The van der Waals surface area contributed by atoms with Crippen molar-refractivity contribution >= 4 is 11.9 Å². The minimum Gasteiger partial charge on any atom is -0.481 e. The summed E-state index contributed by atoms with van der Waals surface area (Å²) in [4.78, 5) is 24.3. The van der Waals surface area contributed by atoms with Crippen LogP contribution in [0.25, 0.3) is 0 Å². The summed E-state index contributed by atoms with van der Waals surface area (Å²) < 4.78 is 4.96. The summed E-state index contributed by atoms with van der Waals surface area (Å²) in [7, 11) is 0. The fourth-order valence-corrected chi connectivity index (χ4v) is 2.04. The van der Waals surface area contributed by atoms with Gasteiger partial charge in [-0.05, 0) is 6.92 Å². The van der Waals surface area contributed by atoms with Gasteiger partial charge in [-0.1, -0.05) is 5.16 Å². The zero-order valence-electron chi connectivity index (χ0n) is 10.0. The Morgan fingerprint density at radius 3 is 3.11 bits per heavy atom. The van der Waals surface area contributed by atoms with Crippen molar-refractivity contribution in [1.82, 2.24) is 15.4 Å². The summed E-state index contributed by atoms with van der Waals surface area (Å²) in [5, 5.41) is 15.4. The van der Waals surface area contributed by atoms with E-state index in [-0.39, 0.29) is 12.3 Å². The van der Waals surface area contributed by atoms with Crippen LogP contribution in [0.4, 0.5) is 0 Å². The number of hydrogen-bond acceptors (Lipinski definition) is 5. The Hall–Kier alpha value is -1.89. The Bertz CT molecular complexity index is 457. The van der Waals surface area contributed by atoms with Crippen molar-refractivity contribution in [1.29, 1.82) is 0 Å². The van der Waals surface area contributed by atoms with Crippen LogP contribution in [0.1, 0.15) is 17.9 Å². The number of carboxylic acids is 1. The molecule has 0 bridgehead atoms. The lowest BCUT2D eigenvalue weighted by atomic mass is 10.1. The van der Waals surface area contributed by atoms with Gasteiger partial charge in [0.15, 0.2) is 0 Å². The number of carboxylic acid groups (broad SMARTS) is 1. The van der Waals surface area contributed by atoms with Crippen LogP contribution in [0.3, 0.4) is 0 Å². The van der Waals surface area contributed by atoms with Crippen LogP contribution in [-0.4, -0.2) is 46.2 Å². The van der Waals surface area contributed by atoms with Crippen molar-refractivity contribution in [3.05, 3.63) is 17.5 Å². The number of nitrogens with zero attached hydrogens (tertiary/aromatic N) is 2. The molecule has 18 heavy (non-hydrogen) atoms. The van der Waals surface area contributed by atoms with E-state index in [2.05, 4.69) is 10.5 Å². The van der Waals surface area contributed by atoms with E-state index >= 15 is 0 Å². The number of aryl methyl sites for hydroxylation is 1. The van der Waals surface area contributed by atoms with Gasteiger partial charge in [-0.2, -0.15) is 0 Å². The smallest absolute Gasteiger partial charge is 0.305 e. The first-order chi connectivity index (χ1) is 8.56. The Balaban J connectivity index is 2.07. The van der Waals surface area contributed by atoms with E-state index in [9.17, 15) is 9.59 Å². The van der Waals surface area contributed by atoms with E-state index in [1.54, 1.807) is 13.0 Å². The second kappa shape index (κ2) is 5.18. The molecule has 1 atom stereocenters. The lowest BCUT2D eigenvalue weighted by Crippen LogP contribution is -2.55. The molecule has 1 unspecified atom stereocenters. The molecular formula is C11H15N3O4. The van der Waals surface area contributed by atoms with E-state index in [0.29, 0.717) is 31.1 Å². The number of aliphatic carboxylic acids is 1. The van der Waals surface area contributed by atoms with Crippen LogP contribution >= 0.6 is 0 Å². The molecule has 1 amide bonds. The van der Waals surface area contributed by atoms with Crippen LogP contribution in [-0.2, 0) is 16.1 Å². The number of aromatic nitrogens is 1. The highest BCUT2D eigenvalue weighted by Gasteiger charge is 2.31. The van der Waals surface area contributed by atoms with E-state index < -0.39 is 12.0 Å². The van der Waals surface area contributed by atoms with Gasteiger partial charge in [0.1, 0.15) is 11.8 Å². The van der Waals surface area contributed by atoms with E-state index in [1.807, 2.05) is 4.90 Å². The second-order valence-corrected chi connectivity index (χ2v) is 4.30. The standard InChI is InChI=1S/C11H15N3O4/c1-7-4-8(13-18-7)6-14-3-2-12-11(17)9(14)5-10(15)16/h4,9H,2-3,5-6H2,1H3,(H,12,17)(H,15,16). The molecule has 7 heteroatoms. The van der Waals surface area contributed by atoms with Crippen molar-refractivity contribution < 1.29 is 19.2 Å². The van der Waals surface area contributed by atoms with Crippen molar-refractivity contribution in [3.63, 3.8) is 0 Å². The maximum absolute atomic E-state index is 11.7. The maximum atomic E-state index is 11.7. The molecule has 2 N–H and O–H groups in total. The molecular weight excluding hydrogens is 238 g/mol. The van der Waals surface area contributed by atoms with Crippen molar-refractivity contribution in [2.45, 2.75) is 25.9 Å². The quantitative estimate of drug-likeness (QED) is 0.768. The molecule has 1 aliphatic rings. The van der Waals surface area contributed by atoms with Gasteiger partial charge in [0.05, 0.1) is 12.1 Å². The monoisotopic (exact) mass is 253 g/mol. The number of carbonyl (C=O) groups excluding carboxylic acids is 1. The average molecular weight is 253 g/mol. The van der Waals surface area contributed by atoms with Crippen LogP contribution < -0.4 is 5.32 Å². The molecule has 2 heterocycles. The molecule has 98 valence electrons. The molecule has 0 spiro atoms. The van der Waals surface area contributed by atoms with Crippen LogP contribution in [0, 0.1) is 6.92 Å². The Morgan fingerprint density at radius 1 is 1.72 bits per heavy atom. The minimum atomic E-state index is -0.988. The van der Waals surface area contributed by atoms with Gasteiger partial charge in [0.2, 0.25) is 5.91 Å². The summed E-state index contributed by atoms with van der Waals surface area (Å²) in [5.74, 6) is -0.538. The predicted molar refractivity (Wildman–Crippen MR) is 60.7 cm³/mol. The molecule has 1 fully saturated rings. The van der Waals surface area contributed by atoms with Gasteiger partial charge < -0.3 is 14.9 Å². The summed E-state index contributed by atoms with van der Waals surface area (Å²) in [6.07, 6.45) is -0.206. The molecule has 0 radical (unpaired) electrons. The first-order valence-electron chi connectivity index (χ1n) is 5.72. The molecule has 1 aliphatic heterocycles. The summed E-state index contributed by atoms with van der Waals surface area (Å²) in [6.45, 7) is 3.33. The Morgan fingerprint density at radius 2 is 2.50 bits per heavy atom. The van der Waals surface area contributed by atoms with E-state index in [0.717, 1.165) is 0 Å². The van der Waals surface area contributed by atoms with Gasteiger partial charge in [-0.15, -0.1) is 0 Å². The number of hydrogen-bond donors (Lipinski definition) is 2. The molecule has 0 saturated carbocycles. The lowest BCUT2D eigenvalue weighted by molar-refractivity contribution is -0.143. The number of rotatable bonds is 4. The number of amides is 1. The van der Waals surface area contributed by atoms with Crippen LogP contribution in [0.5, 0.6) is 0 Å². The maximum Gasteiger partial charge on any atom is 0.305 e. The number of piperazine rings is 1. The molecule has 7 nitrogen and oxygen atoms in total. The van der Waals surface area contributed by atoms with Gasteiger partial charge in [0.25, 0.3) is 0 Å². The molecule has 0 aliphatic carbocycles. The van der Waals surface area contributed by atoms with Crippen LogP contribution in [0.15, 0.2) is 10.6 Å². The lowest BCUT2D eigenvalue weighted by Gasteiger charge is -2.33. The topological polar surface area (TPSA) is 95.7 Å². The number of carbonyl (C=O) groups is 2. The SMILES string of the molecule is Cc1cc(CN2CCNC(=O)C2CC(=O)O)no1. The molecule has 1 saturated heterocycles. The van der Waals surface area contributed by atoms with Crippen molar-refractivity contribution in [2.24, 2.45) is 0 Å². The summed E-state index contributed by atoms with van der Waals surface area (Å²) >= 11 is 0. The fraction of sp³-hybridized carbons (Fsp3) is 0.545. The highest BCUT2D eigenvalue weighted by Crippen LogP contribution is 2.13. The third-order valence-corrected chi connectivity index (χ3v) is 2.85. The molecule has 2 rings (SSSR count). The zero-order chi connectivity index (χ0) is 13.1. The zero-order valence-corrected chi connectivity index (χ0v) is 10.0. The van der Waals surface area contributed by atoms with Crippen LogP contribution in [0.2, 0.25) is 0 Å². The summed E-state index contributed by atoms with van der Waals surface area (Å²) in [6, 6.07) is 1.14. The normalized spacial score (nSPS) is 20.7. The van der Waals surface area contributed by atoms with Gasteiger partial charge in [-0.3, -0.25) is 14.5 Å².